The Morgan fingerprint density at radius 1 is 1.20 bits per heavy atom. The first-order valence-corrected chi connectivity index (χ1v) is 9.12. The van der Waals surface area contributed by atoms with E-state index in [4.69, 9.17) is 4.74 Å². The van der Waals surface area contributed by atoms with Gasteiger partial charge < -0.3 is 9.84 Å². The molecule has 1 N–H and O–H groups in total. The number of benzene rings is 1. The molecule has 0 saturated carbocycles. The fourth-order valence-electron chi connectivity index (χ4n) is 2.68. The van der Waals surface area contributed by atoms with E-state index in [0.717, 1.165) is 31.2 Å². The van der Waals surface area contributed by atoms with Gasteiger partial charge >= 0.3 is 0 Å². The number of unbranched alkanes of at least 4 members (excludes halogenated alkanes) is 3. The molecule has 1 aromatic rings. The molecule has 138 valence electrons. The molecule has 25 heavy (non-hydrogen) atoms. The standard InChI is InChI=1S/C21H30O4/c1-3-4-5-9-13-19(23)17(2)20(24)14-10-15-21(25-16-22)18-11-7-6-8-12-18/h6-8,10-12,14,16-17,19,21,23H,3-5,9,13,15H2,1-2H3/b14-10+/t17-,19+,21+/m1/s1. The summed E-state index contributed by atoms with van der Waals surface area (Å²) in [5, 5.41) is 10.1. The molecular weight excluding hydrogens is 316 g/mol. The number of aliphatic hydroxyl groups excluding tert-OH is 1. The SMILES string of the molecule is CCCCCC[C@H](O)[C@@H](C)C(=O)/C=C/C[C@H](OC=O)c1ccccc1. The van der Waals surface area contributed by atoms with Crippen molar-refractivity contribution in [1.82, 2.24) is 0 Å². The summed E-state index contributed by atoms with van der Waals surface area (Å²) in [7, 11) is 0. The van der Waals surface area contributed by atoms with Gasteiger partial charge in [0.15, 0.2) is 5.78 Å². The normalized spacial score (nSPS) is 14.8. The molecule has 0 spiro atoms. The maximum Gasteiger partial charge on any atom is 0.293 e. The molecule has 0 amide bonds. The van der Waals surface area contributed by atoms with Gasteiger partial charge in [0.1, 0.15) is 6.10 Å². The van der Waals surface area contributed by atoms with E-state index < -0.39 is 18.1 Å². The minimum absolute atomic E-state index is 0.0964. The summed E-state index contributed by atoms with van der Waals surface area (Å²) in [5.74, 6) is -0.513. The molecule has 3 atom stereocenters. The van der Waals surface area contributed by atoms with Crippen molar-refractivity contribution in [3.05, 3.63) is 48.0 Å². The number of hydrogen-bond acceptors (Lipinski definition) is 4. The van der Waals surface area contributed by atoms with Crippen molar-refractivity contribution < 1.29 is 19.4 Å². The van der Waals surface area contributed by atoms with Crippen LogP contribution in [0.3, 0.4) is 0 Å². The van der Waals surface area contributed by atoms with Crippen molar-refractivity contribution in [3.8, 4) is 0 Å². The van der Waals surface area contributed by atoms with Crippen LogP contribution < -0.4 is 0 Å². The van der Waals surface area contributed by atoms with E-state index in [1.54, 1.807) is 13.0 Å². The molecule has 0 aliphatic rings. The van der Waals surface area contributed by atoms with Crippen molar-refractivity contribution in [2.75, 3.05) is 0 Å². The lowest BCUT2D eigenvalue weighted by Crippen LogP contribution is -2.24. The van der Waals surface area contributed by atoms with Crippen LogP contribution in [0.1, 0.15) is 64.0 Å². The third-order valence-corrected chi connectivity index (χ3v) is 4.40. The Bertz CT molecular complexity index is 524. The molecular formula is C21H30O4. The molecule has 1 rings (SSSR count). The third-order valence-electron chi connectivity index (χ3n) is 4.40. The van der Waals surface area contributed by atoms with E-state index in [0.29, 0.717) is 19.3 Å². The van der Waals surface area contributed by atoms with Crippen molar-refractivity contribution >= 4 is 12.3 Å². The first-order chi connectivity index (χ1) is 12.1. The maximum absolute atomic E-state index is 12.2. The number of ether oxygens (including phenoxy) is 1. The molecule has 0 aliphatic heterocycles. The van der Waals surface area contributed by atoms with Crippen LogP contribution in [0, 0.1) is 5.92 Å². The quantitative estimate of drug-likeness (QED) is 0.327. The largest absolute Gasteiger partial charge is 0.459 e. The van der Waals surface area contributed by atoms with Gasteiger partial charge in [-0.15, -0.1) is 0 Å². The van der Waals surface area contributed by atoms with E-state index in [1.165, 1.54) is 6.08 Å². The molecule has 0 aliphatic carbocycles. The number of allylic oxidation sites excluding steroid dienone is 1. The molecule has 0 aromatic heterocycles. The van der Waals surface area contributed by atoms with Crippen LogP contribution in [0.4, 0.5) is 0 Å². The highest BCUT2D eigenvalue weighted by Gasteiger charge is 2.19. The first-order valence-electron chi connectivity index (χ1n) is 9.12. The van der Waals surface area contributed by atoms with Gasteiger partial charge in [-0.1, -0.05) is 75.9 Å². The van der Waals surface area contributed by atoms with Gasteiger partial charge in [0.05, 0.1) is 6.10 Å². The summed E-state index contributed by atoms with van der Waals surface area (Å²) < 4.78 is 5.10. The number of aliphatic hydroxyl groups is 1. The molecule has 4 heteroatoms. The average molecular weight is 346 g/mol. The highest BCUT2D eigenvalue weighted by molar-refractivity contribution is 5.91. The second kappa shape index (κ2) is 12.4. The monoisotopic (exact) mass is 346 g/mol. The Hall–Kier alpha value is -1.94. The Morgan fingerprint density at radius 2 is 1.92 bits per heavy atom. The molecule has 0 fully saturated rings. The van der Waals surface area contributed by atoms with Gasteiger partial charge in [-0.25, -0.2) is 0 Å². The van der Waals surface area contributed by atoms with Gasteiger partial charge in [0.25, 0.3) is 6.47 Å². The zero-order valence-corrected chi connectivity index (χ0v) is 15.3. The van der Waals surface area contributed by atoms with Crippen LogP contribution in [0.25, 0.3) is 0 Å². The lowest BCUT2D eigenvalue weighted by Gasteiger charge is -2.16. The van der Waals surface area contributed by atoms with Crippen molar-refractivity contribution in [2.24, 2.45) is 5.92 Å². The highest BCUT2D eigenvalue weighted by atomic mass is 16.5. The lowest BCUT2D eigenvalue weighted by atomic mass is 9.94. The molecule has 0 bridgehead atoms. The third kappa shape index (κ3) is 8.12. The van der Waals surface area contributed by atoms with Crippen LogP contribution in [-0.4, -0.2) is 23.5 Å². The summed E-state index contributed by atoms with van der Waals surface area (Å²) >= 11 is 0. The van der Waals surface area contributed by atoms with Crippen molar-refractivity contribution in [3.63, 3.8) is 0 Å². The highest BCUT2D eigenvalue weighted by Crippen LogP contribution is 2.21. The minimum Gasteiger partial charge on any atom is -0.459 e. The zero-order chi connectivity index (χ0) is 18.5. The van der Waals surface area contributed by atoms with E-state index in [9.17, 15) is 14.7 Å². The van der Waals surface area contributed by atoms with E-state index in [-0.39, 0.29) is 5.78 Å². The predicted octanol–water partition coefficient (Wildman–Crippen LogP) is 4.38. The average Bonchev–Trinajstić information content (AvgIpc) is 2.64. The fourth-order valence-corrected chi connectivity index (χ4v) is 2.68. The lowest BCUT2D eigenvalue weighted by molar-refractivity contribution is -0.133. The summed E-state index contributed by atoms with van der Waals surface area (Å²) in [4.78, 5) is 22.9. The summed E-state index contributed by atoms with van der Waals surface area (Å²) in [6.45, 7) is 4.33. The van der Waals surface area contributed by atoms with Gasteiger partial charge in [0, 0.05) is 12.3 Å². The van der Waals surface area contributed by atoms with Crippen LogP contribution in [-0.2, 0) is 14.3 Å². The number of carbonyl (C=O) groups is 2. The second-order valence-corrected chi connectivity index (χ2v) is 6.38. The summed E-state index contributed by atoms with van der Waals surface area (Å²) in [5.41, 5.74) is 0.885. The summed E-state index contributed by atoms with van der Waals surface area (Å²) in [6.07, 6.45) is 7.61. The van der Waals surface area contributed by atoms with Crippen LogP contribution >= 0.6 is 0 Å². The Balaban J connectivity index is 2.49. The number of rotatable bonds is 13. The van der Waals surface area contributed by atoms with Crippen LogP contribution in [0.15, 0.2) is 42.5 Å². The fraction of sp³-hybridized carbons (Fsp3) is 0.524. The van der Waals surface area contributed by atoms with Crippen LogP contribution in [0.5, 0.6) is 0 Å². The Labute approximate surface area is 150 Å². The number of carbonyl (C=O) groups excluding carboxylic acids is 2. The van der Waals surface area contributed by atoms with E-state index in [1.807, 2.05) is 30.3 Å². The molecule has 0 radical (unpaired) electrons. The van der Waals surface area contributed by atoms with Crippen molar-refractivity contribution in [1.29, 1.82) is 0 Å². The van der Waals surface area contributed by atoms with Gasteiger partial charge in [-0.3, -0.25) is 9.59 Å². The topological polar surface area (TPSA) is 63.6 Å². The van der Waals surface area contributed by atoms with Crippen molar-refractivity contribution in [2.45, 2.75) is 64.6 Å². The van der Waals surface area contributed by atoms with Gasteiger partial charge in [-0.05, 0) is 18.1 Å². The molecule has 0 saturated heterocycles. The Kier molecular flexibility index (Phi) is 10.5. The predicted molar refractivity (Wildman–Crippen MR) is 99.0 cm³/mol. The first kappa shape index (κ1) is 21.1. The van der Waals surface area contributed by atoms with Gasteiger partial charge in [-0.2, -0.15) is 0 Å². The van der Waals surface area contributed by atoms with E-state index in [2.05, 4.69) is 6.92 Å². The number of hydrogen-bond donors (Lipinski definition) is 1. The van der Waals surface area contributed by atoms with Crippen LogP contribution in [0.2, 0.25) is 0 Å². The van der Waals surface area contributed by atoms with E-state index >= 15 is 0 Å². The molecule has 0 heterocycles. The zero-order valence-electron chi connectivity index (χ0n) is 15.3. The minimum atomic E-state index is -0.606. The molecule has 0 unspecified atom stereocenters. The summed E-state index contributed by atoms with van der Waals surface area (Å²) in [6, 6.07) is 9.41. The molecule has 1 aromatic carbocycles. The molecule has 4 nitrogen and oxygen atoms in total. The maximum atomic E-state index is 12.2. The number of ketones is 1. The Morgan fingerprint density at radius 3 is 2.56 bits per heavy atom. The smallest absolute Gasteiger partial charge is 0.293 e. The second-order valence-electron chi connectivity index (χ2n) is 6.38. The van der Waals surface area contributed by atoms with Gasteiger partial charge in [0.2, 0.25) is 0 Å².